The first kappa shape index (κ1) is 18.5. The molecule has 0 saturated carbocycles. The average Bonchev–Trinajstić information content (AvgIpc) is 2.49. The third kappa shape index (κ3) is 4.58. The van der Waals surface area contributed by atoms with E-state index in [2.05, 4.69) is 21.2 Å². The summed E-state index contributed by atoms with van der Waals surface area (Å²) in [6.45, 7) is 3.47. The summed E-state index contributed by atoms with van der Waals surface area (Å²) < 4.78 is 26.4. The number of amides is 1. The molecular weight excluding hydrogens is 392 g/mol. The smallest absolute Gasteiger partial charge is 0.245 e. The maximum atomic E-state index is 12.3. The lowest BCUT2D eigenvalue weighted by Crippen LogP contribution is -2.38. The van der Waals surface area contributed by atoms with Crippen LogP contribution in [0.2, 0.25) is 0 Å². The van der Waals surface area contributed by atoms with Crippen LogP contribution in [0.15, 0.2) is 46.9 Å². The highest BCUT2D eigenvalue weighted by molar-refractivity contribution is 9.10. The van der Waals surface area contributed by atoms with Gasteiger partial charge in [-0.1, -0.05) is 28.1 Å². The first-order valence-electron chi connectivity index (χ1n) is 7.28. The van der Waals surface area contributed by atoms with Gasteiger partial charge in [0, 0.05) is 10.2 Å². The number of hydrogen-bond donors (Lipinski definition) is 1. The van der Waals surface area contributed by atoms with Gasteiger partial charge < -0.3 is 5.32 Å². The van der Waals surface area contributed by atoms with Gasteiger partial charge in [-0.25, -0.2) is 8.42 Å². The molecule has 0 aliphatic rings. The van der Waals surface area contributed by atoms with Crippen LogP contribution in [0.5, 0.6) is 0 Å². The van der Waals surface area contributed by atoms with Crippen LogP contribution >= 0.6 is 15.9 Å². The fraction of sp³-hybridized carbons (Fsp3) is 0.235. The number of sulfonamides is 1. The maximum Gasteiger partial charge on any atom is 0.245 e. The quantitative estimate of drug-likeness (QED) is 0.820. The number of aryl methyl sites for hydroxylation is 1. The Balaban J connectivity index is 2.25. The molecule has 0 aliphatic carbocycles. The molecule has 5 nitrogen and oxygen atoms in total. The van der Waals surface area contributed by atoms with Crippen molar-refractivity contribution >= 4 is 43.2 Å². The van der Waals surface area contributed by atoms with E-state index in [-0.39, 0.29) is 6.54 Å². The van der Waals surface area contributed by atoms with Crippen molar-refractivity contribution in [3.05, 3.63) is 58.1 Å². The molecule has 0 bridgehead atoms. The first-order valence-corrected chi connectivity index (χ1v) is 9.92. The van der Waals surface area contributed by atoms with E-state index in [9.17, 15) is 13.2 Å². The SMILES string of the molecule is Cc1cccc(N(CC(=O)Nc2ccc(Br)cc2)S(C)(=O)=O)c1C. The Bertz CT molecular complexity index is 849. The van der Waals surface area contributed by atoms with E-state index in [1.54, 1.807) is 36.4 Å². The minimum absolute atomic E-state index is 0.279. The minimum atomic E-state index is -3.59. The molecule has 2 rings (SSSR count). The van der Waals surface area contributed by atoms with Crippen molar-refractivity contribution in [2.75, 3.05) is 22.4 Å². The van der Waals surface area contributed by atoms with Crippen molar-refractivity contribution in [1.82, 2.24) is 0 Å². The highest BCUT2D eigenvalue weighted by Gasteiger charge is 2.22. The highest BCUT2D eigenvalue weighted by atomic mass is 79.9. The third-order valence-electron chi connectivity index (χ3n) is 3.66. The van der Waals surface area contributed by atoms with Gasteiger partial charge >= 0.3 is 0 Å². The lowest BCUT2D eigenvalue weighted by atomic mass is 10.1. The molecule has 2 aromatic carbocycles. The van der Waals surface area contributed by atoms with E-state index in [4.69, 9.17) is 0 Å². The Hall–Kier alpha value is -1.86. The fourth-order valence-corrected chi connectivity index (χ4v) is 3.42. The summed E-state index contributed by atoms with van der Waals surface area (Å²) in [5.74, 6) is -0.399. The Morgan fingerprint density at radius 1 is 1.12 bits per heavy atom. The number of halogens is 1. The van der Waals surface area contributed by atoms with Crippen LogP contribution in [-0.4, -0.2) is 27.1 Å². The van der Waals surface area contributed by atoms with Crippen LogP contribution in [0, 0.1) is 13.8 Å². The third-order valence-corrected chi connectivity index (χ3v) is 5.32. The maximum absolute atomic E-state index is 12.3. The van der Waals surface area contributed by atoms with Gasteiger partial charge in [0.05, 0.1) is 11.9 Å². The Kier molecular flexibility index (Phi) is 5.66. The van der Waals surface area contributed by atoms with Gasteiger partial charge in [-0.3, -0.25) is 9.10 Å². The normalized spacial score (nSPS) is 11.2. The molecule has 0 heterocycles. The minimum Gasteiger partial charge on any atom is -0.325 e. The van der Waals surface area contributed by atoms with Crippen LogP contribution in [0.4, 0.5) is 11.4 Å². The molecule has 0 unspecified atom stereocenters. The molecule has 0 saturated heterocycles. The van der Waals surface area contributed by atoms with E-state index in [1.165, 1.54) is 0 Å². The van der Waals surface area contributed by atoms with Crippen molar-refractivity contribution in [2.24, 2.45) is 0 Å². The summed E-state index contributed by atoms with van der Waals surface area (Å²) in [6.07, 6.45) is 1.10. The highest BCUT2D eigenvalue weighted by Crippen LogP contribution is 2.25. The van der Waals surface area contributed by atoms with Gasteiger partial charge in [-0.05, 0) is 55.3 Å². The number of anilines is 2. The molecule has 0 fully saturated rings. The Morgan fingerprint density at radius 3 is 2.33 bits per heavy atom. The molecule has 1 amide bonds. The zero-order valence-electron chi connectivity index (χ0n) is 13.7. The van der Waals surface area contributed by atoms with Gasteiger partial charge in [-0.2, -0.15) is 0 Å². The fourth-order valence-electron chi connectivity index (χ4n) is 2.25. The predicted octanol–water partition coefficient (Wildman–Crippen LogP) is 3.47. The number of nitrogens with one attached hydrogen (secondary N) is 1. The zero-order valence-corrected chi connectivity index (χ0v) is 16.1. The summed E-state index contributed by atoms with van der Waals surface area (Å²) in [5.41, 5.74) is 2.93. The summed E-state index contributed by atoms with van der Waals surface area (Å²) in [7, 11) is -3.59. The Labute approximate surface area is 150 Å². The van der Waals surface area contributed by atoms with Gasteiger partial charge in [0.25, 0.3) is 0 Å². The summed E-state index contributed by atoms with van der Waals surface area (Å²) >= 11 is 3.32. The lowest BCUT2D eigenvalue weighted by Gasteiger charge is -2.24. The van der Waals surface area contributed by atoms with E-state index in [1.807, 2.05) is 19.9 Å². The van der Waals surface area contributed by atoms with E-state index < -0.39 is 15.9 Å². The van der Waals surface area contributed by atoms with Crippen molar-refractivity contribution in [3.8, 4) is 0 Å². The van der Waals surface area contributed by atoms with Crippen LogP contribution in [-0.2, 0) is 14.8 Å². The summed E-state index contributed by atoms with van der Waals surface area (Å²) in [5, 5.41) is 2.71. The lowest BCUT2D eigenvalue weighted by molar-refractivity contribution is -0.114. The summed E-state index contributed by atoms with van der Waals surface area (Å²) in [6, 6.07) is 12.5. The molecule has 0 atom stereocenters. The van der Waals surface area contributed by atoms with Gasteiger partial charge in [0.1, 0.15) is 6.54 Å². The van der Waals surface area contributed by atoms with Crippen LogP contribution in [0.1, 0.15) is 11.1 Å². The molecule has 128 valence electrons. The number of rotatable bonds is 5. The van der Waals surface area contributed by atoms with Crippen LogP contribution in [0.25, 0.3) is 0 Å². The molecule has 24 heavy (non-hydrogen) atoms. The number of hydrogen-bond acceptors (Lipinski definition) is 3. The average molecular weight is 411 g/mol. The number of carbonyl (C=O) groups excluding carboxylic acids is 1. The topological polar surface area (TPSA) is 66.5 Å². The van der Waals surface area contributed by atoms with E-state index >= 15 is 0 Å². The molecule has 7 heteroatoms. The van der Waals surface area contributed by atoms with E-state index in [0.717, 1.165) is 26.2 Å². The van der Waals surface area contributed by atoms with Crippen molar-refractivity contribution in [2.45, 2.75) is 13.8 Å². The molecule has 1 N–H and O–H groups in total. The second kappa shape index (κ2) is 7.36. The zero-order chi connectivity index (χ0) is 17.9. The molecular formula is C17H19BrN2O3S. The summed E-state index contributed by atoms with van der Waals surface area (Å²) in [4.78, 5) is 12.3. The molecule has 2 aromatic rings. The van der Waals surface area contributed by atoms with Gasteiger partial charge in [0.15, 0.2) is 0 Å². The monoisotopic (exact) mass is 410 g/mol. The first-order chi connectivity index (χ1) is 11.2. The van der Waals surface area contributed by atoms with E-state index in [0.29, 0.717) is 11.4 Å². The van der Waals surface area contributed by atoms with Crippen LogP contribution in [0.3, 0.4) is 0 Å². The van der Waals surface area contributed by atoms with Crippen molar-refractivity contribution < 1.29 is 13.2 Å². The second-order valence-electron chi connectivity index (χ2n) is 5.54. The number of nitrogens with zero attached hydrogens (tertiary/aromatic N) is 1. The number of carbonyl (C=O) groups is 1. The molecule has 0 aromatic heterocycles. The molecule has 0 aliphatic heterocycles. The predicted molar refractivity (Wildman–Crippen MR) is 101 cm³/mol. The largest absolute Gasteiger partial charge is 0.325 e. The Morgan fingerprint density at radius 2 is 1.75 bits per heavy atom. The van der Waals surface area contributed by atoms with Gasteiger partial charge in [0.2, 0.25) is 15.9 Å². The standard InChI is InChI=1S/C17H19BrN2O3S/c1-12-5-4-6-16(13(12)2)20(24(3,22)23)11-17(21)19-15-9-7-14(18)8-10-15/h4-10H,11H2,1-3H3,(H,19,21). The second-order valence-corrected chi connectivity index (χ2v) is 8.37. The molecule has 0 radical (unpaired) electrons. The molecule has 0 spiro atoms. The van der Waals surface area contributed by atoms with Crippen molar-refractivity contribution in [1.29, 1.82) is 0 Å². The van der Waals surface area contributed by atoms with Crippen molar-refractivity contribution in [3.63, 3.8) is 0 Å². The van der Waals surface area contributed by atoms with Gasteiger partial charge in [-0.15, -0.1) is 0 Å². The number of benzene rings is 2. The van der Waals surface area contributed by atoms with Crippen LogP contribution < -0.4 is 9.62 Å².